The number of halogens is 1. The van der Waals surface area contributed by atoms with Gasteiger partial charge in [-0.25, -0.2) is 14.4 Å². The largest absolute Gasteiger partial charge is 0.346 e. The molecule has 0 fully saturated rings. The Morgan fingerprint density at radius 1 is 1.19 bits per heavy atom. The van der Waals surface area contributed by atoms with Crippen molar-refractivity contribution < 1.29 is 9.18 Å². The van der Waals surface area contributed by atoms with Gasteiger partial charge in [-0.15, -0.1) is 11.3 Å². The summed E-state index contributed by atoms with van der Waals surface area (Å²) in [6.07, 6.45) is 3.85. The van der Waals surface area contributed by atoms with E-state index < -0.39 is 0 Å². The smallest absolute Gasteiger partial charge is 0.263 e. The highest BCUT2D eigenvalue weighted by Gasteiger charge is 2.16. The van der Waals surface area contributed by atoms with Gasteiger partial charge < -0.3 is 9.72 Å². The van der Waals surface area contributed by atoms with Crippen molar-refractivity contribution in [3.63, 3.8) is 0 Å². The molecule has 3 heterocycles. The Balaban J connectivity index is 1.50. The van der Waals surface area contributed by atoms with Gasteiger partial charge >= 0.3 is 0 Å². The molecule has 0 radical (unpaired) electrons. The maximum Gasteiger partial charge on any atom is 0.263 e. The number of nitrogens with zero attached hydrogens (tertiary/aromatic N) is 3. The zero-order valence-corrected chi connectivity index (χ0v) is 15.7. The van der Waals surface area contributed by atoms with Crippen LogP contribution in [0.15, 0.2) is 48.8 Å². The average molecular weight is 380 g/mol. The van der Waals surface area contributed by atoms with Gasteiger partial charge in [0.1, 0.15) is 21.3 Å². The standard InChI is InChI=1S/C20H17FN4OS/c1-12-7-8-25-11-16(24-17(25)9-12)10-22-19(26)18-13(2)23-20(27-18)14-3-5-15(21)6-4-14/h3-9,11H,10H2,1-2H3,(H,22,26). The number of carbonyl (C=O) groups excluding carboxylic acids is 1. The van der Waals surface area contributed by atoms with Crippen LogP contribution in [0.2, 0.25) is 0 Å². The second-order valence-electron chi connectivity index (χ2n) is 6.32. The Kier molecular flexibility index (Phi) is 4.45. The molecule has 0 saturated heterocycles. The molecule has 0 saturated carbocycles. The highest BCUT2D eigenvalue weighted by atomic mass is 32.1. The predicted molar refractivity (Wildman–Crippen MR) is 103 cm³/mol. The number of hydrogen-bond donors (Lipinski definition) is 1. The first-order chi connectivity index (χ1) is 13.0. The van der Waals surface area contributed by atoms with Crippen molar-refractivity contribution in [3.05, 3.63) is 76.4 Å². The van der Waals surface area contributed by atoms with Gasteiger partial charge in [-0.1, -0.05) is 0 Å². The molecule has 0 atom stereocenters. The van der Waals surface area contributed by atoms with Gasteiger partial charge in [-0.05, 0) is 55.8 Å². The molecule has 7 heteroatoms. The van der Waals surface area contributed by atoms with E-state index in [2.05, 4.69) is 15.3 Å². The minimum absolute atomic E-state index is 0.188. The number of thiazole rings is 1. The monoisotopic (exact) mass is 380 g/mol. The number of aromatic nitrogens is 3. The number of carbonyl (C=O) groups is 1. The molecule has 0 aliphatic heterocycles. The molecule has 4 rings (SSSR count). The molecule has 0 bridgehead atoms. The SMILES string of the molecule is Cc1ccn2cc(CNC(=O)c3sc(-c4ccc(F)cc4)nc3C)nc2c1. The van der Waals surface area contributed by atoms with Gasteiger partial charge in [0.15, 0.2) is 0 Å². The Bertz CT molecular complexity index is 1130. The molecule has 1 amide bonds. The topological polar surface area (TPSA) is 59.3 Å². The zero-order valence-electron chi connectivity index (χ0n) is 14.9. The summed E-state index contributed by atoms with van der Waals surface area (Å²) in [4.78, 5) is 22.1. The predicted octanol–water partition coefficient (Wildman–Crippen LogP) is 4.14. The molecule has 0 unspecified atom stereocenters. The number of imidazole rings is 1. The summed E-state index contributed by atoms with van der Waals surface area (Å²) in [5, 5.41) is 3.60. The third kappa shape index (κ3) is 3.59. The van der Waals surface area contributed by atoms with Crippen molar-refractivity contribution in [2.24, 2.45) is 0 Å². The Morgan fingerprint density at radius 2 is 1.96 bits per heavy atom. The van der Waals surface area contributed by atoms with Gasteiger partial charge in [0, 0.05) is 18.0 Å². The van der Waals surface area contributed by atoms with Crippen LogP contribution < -0.4 is 5.32 Å². The number of pyridine rings is 1. The zero-order chi connectivity index (χ0) is 19.0. The number of hydrogen-bond acceptors (Lipinski definition) is 4. The summed E-state index contributed by atoms with van der Waals surface area (Å²) in [6, 6.07) is 10.1. The summed E-state index contributed by atoms with van der Waals surface area (Å²) in [5.74, 6) is -0.487. The van der Waals surface area contributed by atoms with Gasteiger partial charge in [0.2, 0.25) is 0 Å². The van der Waals surface area contributed by atoms with Crippen LogP contribution in [0.1, 0.15) is 26.6 Å². The Morgan fingerprint density at radius 3 is 2.74 bits per heavy atom. The maximum absolute atomic E-state index is 13.1. The molecule has 1 N–H and O–H groups in total. The van der Waals surface area contributed by atoms with E-state index >= 15 is 0 Å². The molecule has 27 heavy (non-hydrogen) atoms. The van der Waals surface area contributed by atoms with Gasteiger partial charge in [-0.3, -0.25) is 4.79 Å². The fourth-order valence-electron chi connectivity index (χ4n) is 2.80. The number of aryl methyl sites for hydroxylation is 2. The third-order valence-corrected chi connectivity index (χ3v) is 5.39. The van der Waals surface area contributed by atoms with Crippen molar-refractivity contribution in [1.29, 1.82) is 0 Å². The second kappa shape index (κ2) is 6.92. The van der Waals surface area contributed by atoms with E-state index in [-0.39, 0.29) is 11.7 Å². The van der Waals surface area contributed by atoms with E-state index in [0.717, 1.165) is 22.5 Å². The lowest BCUT2D eigenvalue weighted by Gasteiger charge is -2.01. The average Bonchev–Trinajstić information content (AvgIpc) is 3.23. The van der Waals surface area contributed by atoms with Crippen molar-refractivity contribution in [2.45, 2.75) is 20.4 Å². The van der Waals surface area contributed by atoms with Crippen molar-refractivity contribution in [3.8, 4) is 10.6 Å². The van der Waals surface area contributed by atoms with Crippen LogP contribution in [-0.4, -0.2) is 20.3 Å². The first-order valence-electron chi connectivity index (χ1n) is 8.45. The summed E-state index contributed by atoms with van der Waals surface area (Å²) in [6.45, 7) is 4.15. The molecule has 5 nitrogen and oxygen atoms in total. The Labute approximate surface area is 159 Å². The van der Waals surface area contributed by atoms with Gasteiger partial charge in [0.05, 0.1) is 17.9 Å². The number of benzene rings is 1. The third-order valence-electron chi connectivity index (χ3n) is 4.19. The van der Waals surface area contributed by atoms with Crippen LogP contribution in [0, 0.1) is 19.7 Å². The molecule has 0 aliphatic carbocycles. The van der Waals surface area contributed by atoms with Gasteiger partial charge in [-0.2, -0.15) is 0 Å². The molecule has 4 aromatic rings. The minimum atomic E-state index is -0.298. The number of nitrogens with one attached hydrogen (secondary N) is 1. The summed E-state index contributed by atoms with van der Waals surface area (Å²) >= 11 is 1.30. The van der Waals surface area contributed by atoms with Crippen LogP contribution >= 0.6 is 11.3 Å². The lowest BCUT2D eigenvalue weighted by Crippen LogP contribution is -2.22. The first-order valence-corrected chi connectivity index (χ1v) is 9.27. The van der Waals surface area contributed by atoms with Crippen molar-refractivity contribution in [2.75, 3.05) is 0 Å². The number of fused-ring (bicyclic) bond motifs is 1. The summed E-state index contributed by atoms with van der Waals surface area (Å²) in [7, 11) is 0. The fraction of sp³-hybridized carbons (Fsp3) is 0.150. The van der Waals surface area contributed by atoms with E-state index in [1.165, 1.54) is 23.5 Å². The number of amides is 1. The van der Waals surface area contributed by atoms with Crippen molar-refractivity contribution in [1.82, 2.24) is 19.7 Å². The minimum Gasteiger partial charge on any atom is -0.346 e. The molecular weight excluding hydrogens is 363 g/mol. The van der Waals surface area contributed by atoms with Crippen LogP contribution in [0.25, 0.3) is 16.2 Å². The molecule has 0 aliphatic rings. The van der Waals surface area contributed by atoms with Crippen LogP contribution in [0.3, 0.4) is 0 Å². The Hall–Kier alpha value is -3.06. The highest BCUT2D eigenvalue weighted by molar-refractivity contribution is 7.17. The lowest BCUT2D eigenvalue weighted by atomic mass is 10.2. The highest BCUT2D eigenvalue weighted by Crippen LogP contribution is 2.28. The van der Waals surface area contributed by atoms with Crippen LogP contribution in [0.4, 0.5) is 4.39 Å². The quantitative estimate of drug-likeness (QED) is 0.579. The van der Waals surface area contributed by atoms with E-state index in [9.17, 15) is 9.18 Å². The van der Waals surface area contributed by atoms with E-state index in [4.69, 9.17) is 0 Å². The normalized spacial score (nSPS) is 11.1. The van der Waals surface area contributed by atoms with Gasteiger partial charge in [0.25, 0.3) is 5.91 Å². The van der Waals surface area contributed by atoms with Crippen LogP contribution in [0.5, 0.6) is 0 Å². The summed E-state index contributed by atoms with van der Waals surface area (Å²) < 4.78 is 15.0. The molecule has 0 spiro atoms. The number of rotatable bonds is 4. The van der Waals surface area contributed by atoms with E-state index in [1.807, 2.05) is 35.9 Å². The first kappa shape index (κ1) is 17.4. The van der Waals surface area contributed by atoms with E-state index in [0.29, 0.717) is 22.1 Å². The van der Waals surface area contributed by atoms with E-state index in [1.54, 1.807) is 19.1 Å². The van der Waals surface area contributed by atoms with Crippen molar-refractivity contribution >= 4 is 22.9 Å². The molecule has 136 valence electrons. The van der Waals surface area contributed by atoms with Crippen LogP contribution in [-0.2, 0) is 6.54 Å². The molecule has 1 aromatic carbocycles. The fourth-order valence-corrected chi connectivity index (χ4v) is 3.78. The second-order valence-corrected chi connectivity index (χ2v) is 7.32. The maximum atomic E-state index is 13.1. The molecule has 3 aromatic heterocycles. The summed E-state index contributed by atoms with van der Waals surface area (Å²) in [5.41, 5.74) is 4.22. The molecular formula is C20H17FN4OS. The lowest BCUT2D eigenvalue weighted by molar-refractivity contribution is 0.0953.